The summed E-state index contributed by atoms with van der Waals surface area (Å²) in [5.74, 6) is 0.654. The molecule has 2 heterocycles. The molecule has 35 heavy (non-hydrogen) atoms. The van der Waals surface area contributed by atoms with Gasteiger partial charge in [-0.3, -0.25) is 13.9 Å². The highest BCUT2D eigenvalue weighted by Gasteiger charge is 2.56. The molecule has 2 aromatic carbocycles. The molecular weight excluding hydrogens is 476 g/mol. The first kappa shape index (κ1) is 25.2. The van der Waals surface area contributed by atoms with Gasteiger partial charge in [-0.25, -0.2) is 4.79 Å². The third-order valence-electron chi connectivity index (χ3n) is 6.11. The minimum Gasteiger partial charge on any atom is -0.497 e. The monoisotopic (exact) mass is 502 g/mol. The molecule has 1 aromatic heterocycles. The maximum Gasteiger partial charge on any atom is 0.333 e. The average Bonchev–Trinajstić information content (AvgIpc) is 3.17. The fourth-order valence-corrected chi connectivity index (χ4v) is 4.59. The Balaban J connectivity index is 1.63. The summed E-state index contributed by atoms with van der Waals surface area (Å²) in [5, 5.41) is 19.2. The van der Waals surface area contributed by atoms with Crippen LogP contribution in [-0.4, -0.2) is 56.8 Å². The molecule has 0 saturated carbocycles. The molecule has 1 saturated heterocycles. The molecule has 9 nitrogen and oxygen atoms in total. The van der Waals surface area contributed by atoms with Gasteiger partial charge >= 0.3 is 5.69 Å². The van der Waals surface area contributed by atoms with Crippen molar-refractivity contribution in [3.63, 3.8) is 0 Å². The first-order chi connectivity index (χ1) is 16.9. The van der Waals surface area contributed by atoms with Gasteiger partial charge in [0.25, 0.3) is 5.56 Å². The van der Waals surface area contributed by atoms with Crippen LogP contribution in [0, 0.1) is 0 Å². The summed E-state index contributed by atoms with van der Waals surface area (Å²) in [7, 11) is 1.55. The number of aromatic nitrogens is 2. The second-order valence-electron chi connectivity index (χ2n) is 8.33. The van der Waals surface area contributed by atoms with Gasteiger partial charge in [0.1, 0.15) is 22.8 Å². The number of halogens is 1. The third-order valence-corrected chi connectivity index (χ3v) is 6.56. The molecule has 186 valence electrons. The van der Waals surface area contributed by atoms with E-state index in [0.717, 1.165) is 15.7 Å². The molecule has 2 N–H and O–H groups in total. The second kappa shape index (κ2) is 10.8. The molecule has 3 atom stereocenters. The van der Waals surface area contributed by atoms with Crippen LogP contribution in [-0.2, 0) is 22.6 Å². The second-order valence-corrected chi connectivity index (χ2v) is 8.83. The number of aliphatic hydroxyl groups excluding tert-OH is 2. The normalized spacial score (nSPS) is 21.2. The quantitative estimate of drug-likeness (QED) is 0.426. The molecule has 1 aliphatic heterocycles. The van der Waals surface area contributed by atoms with Crippen molar-refractivity contribution < 1.29 is 24.4 Å². The first-order valence-corrected chi connectivity index (χ1v) is 11.5. The van der Waals surface area contributed by atoms with E-state index < -0.39 is 47.8 Å². The number of aliphatic hydroxyl groups is 2. The molecule has 0 amide bonds. The topological polar surface area (TPSA) is 112 Å². The lowest BCUT2D eigenvalue weighted by Gasteiger charge is -2.30. The summed E-state index contributed by atoms with van der Waals surface area (Å²) < 4.78 is 19.4. The summed E-state index contributed by atoms with van der Waals surface area (Å²) in [6.45, 7) is -0.967. The largest absolute Gasteiger partial charge is 0.497 e. The fourth-order valence-electron chi connectivity index (χ4n) is 4.12. The first-order valence-electron chi connectivity index (χ1n) is 11.1. The van der Waals surface area contributed by atoms with Gasteiger partial charge in [0, 0.05) is 12.3 Å². The Kier molecular flexibility index (Phi) is 7.73. The van der Waals surface area contributed by atoms with Gasteiger partial charge in [-0.1, -0.05) is 42.5 Å². The zero-order valence-electron chi connectivity index (χ0n) is 19.1. The number of alkyl halides is 1. The lowest BCUT2D eigenvalue weighted by molar-refractivity contribution is -0.163. The minimum atomic E-state index is -1.54. The van der Waals surface area contributed by atoms with Gasteiger partial charge in [0.05, 0.1) is 33.5 Å². The molecule has 3 aromatic rings. The molecule has 1 aliphatic rings. The van der Waals surface area contributed by atoms with E-state index in [2.05, 4.69) is 0 Å². The Bertz CT molecular complexity index is 1240. The van der Waals surface area contributed by atoms with E-state index in [1.165, 1.54) is 16.8 Å². The number of hydrogen-bond acceptors (Lipinski definition) is 7. The van der Waals surface area contributed by atoms with Crippen LogP contribution in [0.2, 0.25) is 0 Å². The molecule has 10 heteroatoms. The minimum absolute atomic E-state index is 0.0290. The number of nitrogens with zero attached hydrogens (tertiary/aromatic N) is 2. The van der Waals surface area contributed by atoms with Crippen LogP contribution in [0.3, 0.4) is 0 Å². The Hall–Kier alpha value is -2.95. The molecule has 0 spiro atoms. The SMILES string of the molecule is COc1ccc(Cn2c(=O)ccn([C@@H]3OC(CO)(CO)[C@@H](OCc4ccccc4)[C@@H]3Cl)c2=O)cc1. The van der Waals surface area contributed by atoms with Crippen LogP contribution in [0.15, 0.2) is 76.4 Å². The highest BCUT2D eigenvalue weighted by atomic mass is 35.5. The summed E-state index contributed by atoms with van der Waals surface area (Å²) in [6, 6.07) is 17.6. The Morgan fingerprint density at radius 1 is 1.00 bits per heavy atom. The van der Waals surface area contributed by atoms with Gasteiger partial charge in [0.15, 0.2) is 6.23 Å². The van der Waals surface area contributed by atoms with Gasteiger partial charge in [-0.15, -0.1) is 11.6 Å². The summed E-state index contributed by atoms with van der Waals surface area (Å²) in [4.78, 5) is 25.8. The average molecular weight is 503 g/mol. The van der Waals surface area contributed by atoms with Crippen molar-refractivity contribution in [2.45, 2.75) is 36.5 Å². The van der Waals surface area contributed by atoms with E-state index >= 15 is 0 Å². The van der Waals surface area contributed by atoms with Crippen molar-refractivity contribution in [2.75, 3.05) is 20.3 Å². The van der Waals surface area contributed by atoms with E-state index in [9.17, 15) is 19.8 Å². The molecule has 1 fully saturated rings. The lowest BCUT2D eigenvalue weighted by Crippen LogP contribution is -2.49. The number of ether oxygens (including phenoxy) is 3. The van der Waals surface area contributed by atoms with E-state index in [1.54, 1.807) is 31.4 Å². The predicted octanol–water partition coefficient (Wildman–Crippen LogP) is 1.51. The molecular formula is C25H27ClN2O7. The lowest BCUT2D eigenvalue weighted by atomic mass is 9.98. The van der Waals surface area contributed by atoms with E-state index in [4.69, 9.17) is 25.8 Å². The maximum atomic E-state index is 13.3. The van der Waals surface area contributed by atoms with Gasteiger partial charge < -0.3 is 24.4 Å². The Morgan fingerprint density at radius 3 is 2.31 bits per heavy atom. The number of hydrogen-bond donors (Lipinski definition) is 2. The standard InChI is InChI=1S/C25H27ClN2O7/c1-33-19-9-7-17(8-10-19)13-28-20(31)11-12-27(24(28)32)23-21(26)22(25(15-29,16-30)35-23)34-14-18-5-3-2-4-6-18/h2-12,21-23,29-30H,13-16H2,1H3/t21-,22-,23+/m0/s1. The molecule has 0 unspecified atom stereocenters. The van der Waals surface area contributed by atoms with Gasteiger partial charge in [-0.05, 0) is 23.3 Å². The molecule has 4 rings (SSSR count). The van der Waals surface area contributed by atoms with Crippen LogP contribution >= 0.6 is 11.6 Å². The van der Waals surface area contributed by atoms with Crippen molar-refractivity contribution in [1.82, 2.24) is 9.13 Å². The van der Waals surface area contributed by atoms with Crippen LogP contribution in [0.25, 0.3) is 0 Å². The number of rotatable bonds is 9. The van der Waals surface area contributed by atoms with Crippen molar-refractivity contribution in [3.8, 4) is 5.75 Å². The Morgan fingerprint density at radius 2 is 1.69 bits per heavy atom. The van der Waals surface area contributed by atoms with E-state index in [-0.39, 0.29) is 13.2 Å². The fraction of sp³-hybridized carbons (Fsp3) is 0.360. The van der Waals surface area contributed by atoms with Gasteiger partial charge in [-0.2, -0.15) is 0 Å². The zero-order chi connectivity index (χ0) is 25.0. The highest BCUT2D eigenvalue weighted by molar-refractivity contribution is 6.21. The van der Waals surface area contributed by atoms with Crippen molar-refractivity contribution in [3.05, 3.63) is 98.8 Å². The zero-order valence-corrected chi connectivity index (χ0v) is 19.9. The summed E-state index contributed by atoms with van der Waals surface area (Å²) >= 11 is 6.71. The smallest absolute Gasteiger partial charge is 0.333 e. The van der Waals surface area contributed by atoms with Crippen LogP contribution in [0.5, 0.6) is 5.75 Å². The van der Waals surface area contributed by atoms with Crippen molar-refractivity contribution in [1.29, 1.82) is 0 Å². The molecule has 0 radical (unpaired) electrons. The van der Waals surface area contributed by atoms with Gasteiger partial charge in [0.2, 0.25) is 0 Å². The van der Waals surface area contributed by atoms with Crippen molar-refractivity contribution >= 4 is 11.6 Å². The van der Waals surface area contributed by atoms with Crippen LogP contribution < -0.4 is 16.0 Å². The maximum absolute atomic E-state index is 13.3. The van der Waals surface area contributed by atoms with Crippen molar-refractivity contribution in [2.24, 2.45) is 0 Å². The number of methoxy groups -OCH3 is 1. The van der Waals surface area contributed by atoms with E-state index in [0.29, 0.717) is 5.75 Å². The highest BCUT2D eigenvalue weighted by Crippen LogP contribution is 2.41. The predicted molar refractivity (Wildman–Crippen MR) is 129 cm³/mol. The Labute approximate surface area is 206 Å². The summed E-state index contributed by atoms with van der Waals surface area (Å²) in [5.41, 5.74) is -1.07. The van der Waals surface area contributed by atoms with Crippen LogP contribution in [0.4, 0.5) is 0 Å². The van der Waals surface area contributed by atoms with E-state index in [1.807, 2.05) is 30.3 Å². The van der Waals surface area contributed by atoms with Crippen LogP contribution in [0.1, 0.15) is 17.4 Å². The molecule has 0 bridgehead atoms. The third kappa shape index (κ3) is 5.05. The molecule has 0 aliphatic carbocycles. The number of benzene rings is 2. The summed E-state index contributed by atoms with van der Waals surface area (Å²) in [6.07, 6.45) is -0.723.